The van der Waals surface area contributed by atoms with E-state index in [9.17, 15) is 13.2 Å². The maximum absolute atomic E-state index is 13.2. The van der Waals surface area contributed by atoms with Gasteiger partial charge in [0.2, 0.25) is 0 Å². The molecule has 0 aliphatic heterocycles. The fourth-order valence-corrected chi connectivity index (χ4v) is 4.73. The lowest BCUT2D eigenvalue weighted by Gasteiger charge is -2.14. The molecule has 30 heavy (non-hydrogen) atoms. The summed E-state index contributed by atoms with van der Waals surface area (Å²) in [6, 6.07) is 17.0. The highest BCUT2D eigenvalue weighted by Gasteiger charge is 2.20. The third-order valence-corrected chi connectivity index (χ3v) is 6.26. The van der Waals surface area contributed by atoms with Crippen LogP contribution >= 0.6 is 0 Å². The summed E-state index contributed by atoms with van der Waals surface area (Å²) < 4.78 is 34.3. The first-order valence-corrected chi connectivity index (χ1v) is 10.5. The Morgan fingerprint density at radius 1 is 1.07 bits per heavy atom. The van der Waals surface area contributed by atoms with Crippen LogP contribution < -0.4 is 10.3 Å². The van der Waals surface area contributed by atoms with Crippen molar-refractivity contribution in [2.24, 2.45) is 5.11 Å². The van der Waals surface area contributed by atoms with Gasteiger partial charge in [0.05, 0.1) is 17.1 Å². The fourth-order valence-electron chi connectivity index (χ4n) is 3.40. The number of nitrogens with one attached hydrogen (secondary N) is 1. The van der Waals surface area contributed by atoms with Gasteiger partial charge in [-0.1, -0.05) is 41.5 Å². The number of fused-ring (bicyclic) bond motifs is 2. The Morgan fingerprint density at radius 3 is 2.63 bits per heavy atom. The molecule has 9 heteroatoms. The number of rotatable bonds is 5. The first kappa shape index (κ1) is 19.5. The van der Waals surface area contributed by atoms with Crippen molar-refractivity contribution in [1.82, 2.24) is 0 Å². The quantitative estimate of drug-likeness (QED) is 0.214. The van der Waals surface area contributed by atoms with E-state index < -0.39 is 15.6 Å². The van der Waals surface area contributed by atoms with Crippen molar-refractivity contribution in [2.75, 3.05) is 4.72 Å². The van der Waals surface area contributed by atoms with E-state index in [0.717, 1.165) is 10.8 Å². The molecule has 3 aromatic carbocycles. The van der Waals surface area contributed by atoms with Crippen LogP contribution in [0, 0.1) is 6.92 Å². The van der Waals surface area contributed by atoms with Gasteiger partial charge in [-0.3, -0.25) is 4.72 Å². The summed E-state index contributed by atoms with van der Waals surface area (Å²) >= 11 is 0. The molecule has 4 aromatic rings. The standard InChI is InChI=1S/C21H16N4O4S/c1-13-9-19-17(15(12-23-25-22)10-21(26)29-19)11-20(13)30(27,28)24-18-8-4-6-14-5-2-3-7-16(14)18/h2-11,24H,12H2,1H3. The molecule has 0 aliphatic rings. The minimum atomic E-state index is -3.95. The molecular formula is C21H16N4O4S. The second kappa shape index (κ2) is 7.55. The van der Waals surface area contributed by atoms with Crippen LogP contribution in [0.4, 0.5) is 5.69 Å². The summed E-state index contributed by atoms with van der Waals surface area (Å²) in [4.78, 5) is 14.5. The number of benzene rings is 3. The molecule has 1 heterocycles. The third-order valence-electron chi connectivity index (χ3n) is 4.75. The van der Waals surface area contributed by atoms with Gasteiger partial charge >= 0.3 is 5.63 Å². The monoisotopic (exact) mass is 420 g/mol. The summed E-state index contributed by atoms with van der Waals surface area (Å²) in [5.41, 5.74) is 9.49. The molecule has 0 radical (unpaired) electrons. The smallest absolute Gasteiger partial charge is 0.336 e. The lowest BCUT2D eigenvalue weighted by molar-refractivity contribution is 0.558. The molecule has 1 aromatic heterocycles. The first-order valence-electron chi connectivity index (χ1n) is 8.98. The van der Waals surface area contributed by atoms with Crippen LogP contribution in [0.25, 0.3) is 32.2 Å². The Hall–Kier alpha value is -3.81. The second-order valence-electron chi connectivity index (χ2n) is 6.73. The number of aryl methyl sites for hydroxylation is 1. The molecule has 0 saturated carbocycles. The van der Waals surface area contributed by atoms with Gasteiger partial charge in [0, 0.05) is 21.8 Å². The molecular weight excluding hydrogens is 404 g/mol. The second-order valence-corrected chi connectivity index (χ2v) is 8.38. The van der Waals surface area contributed by atoms with Crippen molar-refractivity contribution in [3.8, 4) is 0 Å². The average molecular weight is 420 g/mol. The number of hydrogen-bond donors (Lipinski definition) is 1. The third kappa shape index (κ3) is 3.59. The van der Waals surface area contributed by atoms with Crippen molar-refractivity contribution in [2.45, 2.75) is 18.4 Å². The zero-order chi connectivity index (χ0) is 21.3. The Labute approximate surface area is 171 Å². The highest BCUT2D eigenvalue weighted by atomic mass is 32.2. The maximum atomic E-state index is 13.2. The number of azide groups is 1. The Morgan fingerprint density at radius 2 is 1.83 bits per heavy atom. The average Bonchev–Trinajstić information content (AvgIpc) is 2.71. The summed E-state index contributed by atoms with van der Waals surface area (Å²) in [5.74, 6) is 0. The highest BCUT2D eigenvalue weighted by molar-refractivity contribution is 7.92. The number of nitrogens with zero attached hydrogens (tertiary/aromatic N) is 3. The molecule has 150 valence electrons. The van der Waals surface area contributed by atoms with Crippen LogP contribution in [-0.2, 0) is 16.6 Å². The van der Waals surface area contributed by atoms with Crippen LogP contribution in [0.3, 0.4) is 0 Å². The van der Waals surface area contributed by atoms with Gasteiger partial charge in [0.1, 0.15) is 5.58 Å². The largest absolute Gasteiger partial charge is 0.423 e. The summed E-state index contributed by atoms with van der Waals surface area (Å²) in [6.45, 7) is 1.52. The molecule has 0 saturated heterocycles. The minimum absolute atomic E-state index is 0.0407. The topological polar surface area (TPSA) is 125 Å². The molecule has 1 N–H and O–H groups in total. The number of anilines is 1. The van der Waals surface area contributed by atoms with Gasteiger partial charge < -0.3 is 4.42 Å². The van der Waals surface area contributed by atoms with E-state index in [1.165, 1.54) is 18.2 Å². The normalized spacial score (nSPS) is 11.4. The van der Waals surface area contributed by atoms with Crippen molar-refractivity contribution >= 4 is 37.5 Å². The molecule has 0 amide bonds. The Balaban J connectivity index is 1.86. The van der Waals surface area contributed by atoms with E-state index in [-0.39, 0.29) is 17.0 Å². The lowest BCUT2D eigenvalue weighted by atomic mass is 10.1. The zero-order valence-electron chi connectivity index (χ0n) is 15.9. The molecule has 0 bridgehead atoms. The predicted octanol–water partition coefficient (Wildman–Crippen LogP) is 4.87. The SMILES string of the molecule is Cc1cc2oc(=O)cc(CN=[N+]=[N-])c2cc1S(=O)(=O)Nc1cccc2ccccc12. The number of hydrogen-bond acceptors (Lipinski definition) is 5. The van der Waals surface area contributed by atoms with Crippen molar-refractivity contribution < 1.29 is 12.8 Å². The van der Waals surface area contributed by atoms with Crippen molar-refractivity contribution in [3.63, 3.8) is 0 Å². The zero-order valence-corrected chi connectivity index (χ0v) is 16.7. The molecule has 0 spiro atoms. The molecule has 0 atom stereocenters. The Kier molecular flexibility index (Phi) is 4.91. The Bertz CT molecular complexity index is 1500. The predicted molar refractivity (Wildman–Crippen MR) is 115 cm³/mol. The molecule has 4 rings (SSSR count). The van der Waals surface area contributed by atoms with E-state index in [2.05, 4.69) is 14.7 Å². The van der Waals surface area contributed by atoms with Crippen LogP contribution in [0.5, 0.6) is 0 Å². The van der Waals surface area contributed by atoms with Crippen molar-refractivity contribution in [1.29, 1.82) is 0 Å². The molecule has 0 unspecified atom stereocenters. The maximum Gasteiger partial charge on any atom is 0.336 e. The van der Waals surface area contributed by atoms with Crippen LogP contribution in [0.15, 0.2) is 79.9 Å². The van der Waals surface area contributed by atoms with Crippen molar-refractivity contribution in [3.05, 3.63) is 92.7 Å². The van der Waals surface area contributed by atoms with Gasteiger partial charge in [-0.15, -0.1) is 0 Å². The van der Waals surface area contributed by atoms with Gasteiger partial charge in [-0.05, 0) is 47.2 Å². The molecule has 8 nitrogen and oxygen atoms in total. The summed E-state index contributed by atoms with van der Waals surface area (Å²) in [5, 5.41) is 5.56. The van der Waals surface area contributed by atoms with E-state index >= 15 is 0 Å². The number of sulfonamides is 1. The van der Waals surface area contributed by atoms with E-state index in [1.807, 2.05) is 30.3 Å². The van der Waals surface area contributed by atoms with Gasteiger partial charge in [0.25, 0.3) is 10.0 Å². The lowest BCUT2D eigenvalue weighted by Crippen LogP contribution is -2.15. The molecule has 0 fully saturated rings. The van der Waals surface area contributed by atoms with Gasteiger partial charge in [-0.2, -0.15) is 0 Å². The highest BCUT2D eigenvalue weighted by Crippen LogP contribution is 2.29. The van der Waals surface area contributed by atoms with Gasteiger partial charge in [-0.25, -0.2) is 13.2 Å². The van der Waals surface area contributed by atoms with E-state index in [1.54, 1.807) is 19.1 Å². The fraction of sp³-hybridized carbons (Fsp3) is 0.0952. The van der Waals surface area contributed by atoms with E-state index in [0.29, 0.717) is 22.2 Å². The molecule has 0 aliphatic carbocycles. The van der Waals surface area contributed by atoms with Crippen LogP contribution in [-0.4, -0.2) is 8.42 Å². The van der Waals surface area contributed by atoms with Gasteiger partial charge in [0.15, 0.2) is 0 Å². The van der Waals surface area contributed by atoms with E-state index in [4.69, 9.17) is 9.95 Å². The summed E-state index contributed by atoms with van der Waals surface area (Å²) in [6.07, 6.45) is 0. The first-order chi connectivity index (χ1) is 14.4. The van der Waals surface area contributed by atoms with Crippen LogP contribution in [0.2, 0.25) is 0 Å². The summed E-state index contributed by atoms with van der Waals surface area (Å²) in [7, 11) is -3.95. The van der Waals surface area contributed by atoms with Crippen LogP contribution in [0.1, 0.15) is 11.1 Å². The minimum Gasteiger partial charge on any atom is -0.423 e.